The van der Waals surface area contributed by atoms with Gasteiger partial charge in [0.2, 0.25) is 11.7 Å². The molecule has 4 nitrogen and oxygen atoms in total. The molecule has 0 radical (unpaired) electrons. The molecule has 1 heterocycles. The molecule has 21 heavy (non-hydrogen) atoms. The van der Waals surface area contributed by atoms with Gasteiger partial charge in [0, 0.05) is 11.6 Å². The SMILES string of the molecule is CNC(C)C(c1nc(-c2cc(C)cc(F)c2)no1)C(C)C. The van der Waals surface area contributed by atoms with Crippen molar-refractivity contribution in [2.75, 3.05) is 7.05 Å². The zero-order valence-corrected chi connectivity index (χ0v) is 13.1. The highest BCUT2D eigenvalue weighted by Gasteiger charge is 2.27. The molecule has 1 N–H and O–H groups in total. The molecular weight excluding hydrogens is 269 g/mol. The van der Waals surface area contributed by atoms with Gasteiger partial charge in [0.1, 0.15) is 5.82 Å². The fourth-order valence-corrected chi connectivity index (χ4v) is 2.61. The Balaban J connectivity index is 2.36. The molecule has 1 aromatic heterocycles. The van der Waals surface area contributed by atoms with Crippen LogP contribution in [0.4, 0.5) is 4.39 Å². The topological polar surface area (TPSA) is 51.0 Å². The summed E-state index contributed by atoms with van der Waals surface area (Å²) >= 11 is 0. The second kappa shape index (κ2) is 6.35. The van der Waals surface area contributed by atoms with E-state index in [1.807, 2.05) is 20.0 Å². The van der Waals surface area contributed by atoms with E-state index in [1.54, 1.807) is 0 Å². The van der Waals surface area contributed by atoms with Gasteiger partial charge in [0.05, 0.1) is 5.92 Å². The highest BCUT2D eigenvalue weighted by Crippen LogP contribution is 2.28. The summed E-state index contributed by atoms with van der Waals surface area (Å²) in [6.07, 6.45) is 0. The van der Waals surface area contributed by atoms with Gasteiger partial charge < -0.3 is 9.84 Å². The summed E-state index contributed by atoms with van der Waals surface area (Å²) < 4.78 is 18.9. The molecule has 2 aromatic rings. The van der Waals surface area contributed by atoms with Crippen LogP contribution in [0.15, 0.2) is 22.7 Å². The average Bonchev–Trinajstić information content (AvgIpc) is 2.86. The van der Waals surface area contributed by atoms with Gasteiger partial charge in [-0.15, -0.1) is 0 Å². The molecule has 5 heteroatoms. The molecular formula is C16H22FN3O. The van der Waals surface area contributed by atoms with Crippen molar-refractivity contribution in [3.8, 4) is 11.4 Å². The van der Waals surface area contributed by atoms with E-state index >= 15 is 0 Å². The smallest absolute Gasteiger partial charge is 0.231 e. The van der Waals surface area contributed by atoms with Gasteiger partial charge in [0.15, 0.2) is 0 Å². The number of halogens is 1. The molecule has 0 amide bonds. The number of nitrogens with zero attached hydrogens (tertiary/aromatic N) is 2. The molecule has 2 rings (SSSR count). The third-order valence-corrected chi connectivity index (χ3v) is 3.74. The zero-order chi connectivity index (χ0) is 15.6. The van der Waals surface area contributed by atoms with Crippen LogP contribution >= 0.6 is 0 Å². The van der Waals surface area contributed by atoms with E-state index in [0.29, 0.717) is 23.2 Å². The third-order valence-electron chi connectivity index (χ3n) is 3.74. The lowest BCUT2D eigenvalue weighted by molar-refractivity contribution is 0.286. The van der Waals surface area contributed by atoms with Crippen LogP contribution in [-0.2, 0) is 0 Å². The van der Waals surface area contributed by atoms with E-state index in [0.717, 1.165) is 5.56 Å². The summed E-state index contributed by atoms with van der Waals surface area (Å²) in [5, 5.41) is 7.23. The lowest BCUT2D eigenvalue weighted by atomic mass is 9.89. The Bertz CT molecular complexity index is 589. The van der Waals surface area contributed by atoms with Crippen LogP contribution in [0.25, 0.3) is 11.4 Å². The van der Waals surface area contributed by atoms with Gasteiger partial charge in [-0.3, -0.25) is 0 Å². The van der Waals surface area contributed by atoms with Crippen molar-refractivity contribution in [2.24, 2.45) is 5.92 Å². The minimum absolute atomic E-state index is 0.117. The maximum absolute atomic E-state index is 13.5. The summed E-state index contributed by atoms with van der Waals surface area (Å²) in [5.41, 5.74) is 1.47. The number of hydrogen-bond donors (Lipinski definition) is 1. The fourth-order valence-electron chi connectivity index (χ4n) is 2.61. The Hall–Kier alpha value is -1.75. The Kier molecular flexibility index (Phi) is 4.73. The summed E-state index contributed by atoms with van der Waals surface area (Å²) in [5.74, 6) is 1.20. The molecule has 0 aliphatic carbocycles. The maximum atomic E-state index is 13.5. The zero-order valence-electron chi connectivity index (χ0n) is 13.1. The van der Waals surface area contributed by atoms with E-state index in [1.165, 1.54) is 12.1 Å². The number of benzene rings is 1. The first-order valence-electron chi connectivity index (χ1n) is 7.20. The average molecular weight is 291 g/mol. The Morgan fingerprint density at radius 3 is 2.48 bits per heavy atom. The predicted molar refractivity (Wildman–Crippen MR) is 80.5 cm³/mol. The van der Waals surface area contributed by atoms with Crippen molar-refractivity contribution < 1.29 is 8.91 Å². The van der Waals surface area contributed by atoms with Crippen LogP contribution in [0.2, 0.25) is 0 Å². The third kappa shape index (κ3) is 3.47. The first kappa shape index (κ1) is 15.6. The molecule has 0 fully saturated rings. The lowest BCUT2D eigenvalue weighted by Gasteiger charge is -2.23. The van der Waals surface area contributed by atoms with Gasteiger partial charge in [-0.05, 0) is 50.6 Å². The summed E-state index contributed by atoms with van der Waals surface area (Å²) in [6.45, 7) is 8.16. The largest absolute Gasteiger partial charge is 0.339 e. The molecule has 0 saturated carbocycles. The van der Waals surface area contributed by atoms with Crippen molar-refractivity contribution >= 4 is 0 Å². The van der Waals surface area contributed by atoms with Crippen LogP contribution < -0.4 is 5.32 Å². The molecule has 2 unspecified atom stereocenters. The Morgan fingerprint density at radius 1 is 1.19 bits per heavy atom. The maximum Gasteiger partial charge on any atom is 0.231 e. The number of likely N-dealkylation sites (N-methyl/N-ethyl adjacent to an activating group) is 1. The molecule has 0 saturated heterocycles. The number of hydrogen-bond acceptors (Lipinski definition) is 4. The Morgan fingerprint density at radius 2 is 1.90 bits per heavy atom. The standard InChI is InChI=1S/C16H22FN3O/c1-9(2)14(11(4)18-5)16-19-15(20-21-16)12-6-10(3)7-13(17)8-12/h6-9,11,14,18H,1-5H3. The van der Waals surface area contributed by atoms with E-state index in [4.69, 9.17) is 4.52 Å². The van der Waals surface area contributed by atoms with E-state index in [-0.39, 0.29) is 17.8 Å². The number of rotatable bonds is 5. The van der Waals surface area contributed by atoms with Gasteiger partial charge >= 0.3 is 0 Å². The van der Waals surface area contributed by atoms with E-state index in [9.17, 15) is 4.39 Å². The van der Waals surface area contributed by atoms with Crippen LogP contribution in [0.3, 0.4) is 0 Å². The highest BCUT2D eigenvalue weighted by molar-refractivity contribution is 5.55. The van der Waals surface area contributed by atoms with E-state index in [2.05, 4.69) is 36.2 Å². The number of nitrogens with one attached hydrogen (secondary N) is 1. The Labute approximate surface area is 124 Å². The quantitative estimate of drug-likeness (QED) is 0.915. The van der Waals surface area contributed by atoms with Crippen LogP contribution in [-0.4, -0.2) is 23.2 Å². The summed E-state index contributed by atoms with van der Waals surface area (Å²) in [6, 6.07) is 4.97. The summed E-state index contributed by atoms with van der Waals surface area (Å²) in [4.78, 5) is 4.47. The first-order valence-corrected chi connectivity index (χ1v) is 7.20. The van der Waals surface area contributed by atoms with Gasteiger partial charge in [-0.25, -0.2) is 4.39 Å². The van der Waals surface area contributed by atoms with Gasteiger partial charge in [-0.1, -0.05) is 19.0 Å². The minimum atomic E-state index is -0.291. The van der Waals surface area contributed by atoms with Crippen molar-refractivity contribution in [1.82, 2.24) is 15.5 Å². The van der Waals surface area contributed by atoms with Crippen LogP contribution in [0.1, 0.15) is 38.1 Å². The second-order valence-electron chi connectivity index (χ2n) is 5.82. The summed E-state index contributed by atoms with van der Waals surface area (Å²) in [7, 11) is 1.91. The van der Waals surface area contributed by atoms with Crippen molar-refractivity contribution in [3.63, 3.8) is 0 Å². The predicted octanol–water partition coefficient (Wildman–Crippen LogP) is 3.53. The van der Waals surface area contributed by atoms with Gasteiger partial charge in [0.25, 0.3) is 0 Å². The van der Waals surface area contributed by atoms with Crippen LogP contribution in [0, 0.1) is 18.7 Å². The fraction of sp³-hybridized carbons (Fsp3) is 0.500. The molecule has 1 aromatic carbocycles. The monoisotopic (exact) mass is 291 g/mol. The normalized spacial score (nSPS) is 14.4. The minimum Gasteiger partial charge on any atom is -0.339 e. The second-order valence-corrected chi connectivity index (χ2v) is 5.82. The molecule has 114 valence electrons. The van der Waals surface area contributed by atoms with Crippen molar-refractivity contribution in [1.29, 1.82) is 0 Å². The van der Waals surface area contributed by atoms with Gasteiger partial charge in [-0.2, -0.15) is 4.98 Å². The van der Waals surface area contributed by atoms with Crippen LogP contribution in [0.5, 0.6) is 0 Å². The molecule has 2 atom stereocenters. The molecule has 0 spiro atoms. The number of aryl methyl sites for hydroxylation is 1. The first-order chi connectivity index (χ1) is 9.92. The van der Waals surface area contributed by atoms with Crippen molar-refractivity contribution in [2.45, 2.75) is 39.7 Å². The number of aromatic nitrogens is 2. The van der Waals surface area contributed by atoms with E-state index < -0.39 is 0 Å². The highest BCUT2D eigenvalue weighted by atomic mass is 19.1. The molecule has 0 aliphatic heterocycles. The molecule has 0 bridgehead atoms. The lowest BCUT2D eigenvalue weighted by Crippen LogP contribution is -2.32. The van der Waals surface area contributed by atoms with Crippen molar-refractivity contribution in [3.05, 3.63) is 35.5 Å². The molecule has 0 aliphatic rings.